The number of hydrogen-bond donors (Lipinski definition) is 1. The first-order valence-corrected chi connectivity index (χ1v) is 8.26. The van der Waals surface area contributed by atoms with Crippen LogP contribution in [0.1, 0.15) is 35.3 Å². The van der Waals surface area contributed by atoms with E-state index < -0.39 is 0 Å². The van der Waals surface area contributed by atoms with Gasteiger partial charge in [-0.2, -0.15) is 0 Å². The summed E-state index contributed by atoms with van der Waals surface area (Å²) in [4.78, 5) is 12.4. The summed E-state index contributed by atoms with van der Waals surface area (Å²) < 4.78 is 15.9. The Balaban J connectivity index is 1.64. The van der Waals surface area contributed by atoms with Crippen molar-refractivity contribution in [3.63, 3.8) is 0 Å². The van der Waals surface area contributed by atoms with Crippen LogP contribution in [0.4, 0.5) is 0 Å². The lowest BCUT2D eigenvalue weighted by Gasteiger charge is -2.26. The summed E-state index contributed by atoms with van der Waals surface area (Å²) in [5, 5.41) is 3.01. The van der Waals surface area contributed by atoms with Crippen molar-refractivity contribution in [2.24, 2.45) is 0 Å². The summed E-state index contributed by atoms with van der Waals surface area (Å²) in [6, 6.07) is 13.3. The predicted octanol–water partition coefficient (Wildman–Crippen LogP) is 3.27. The third-order valence-corrected chi connectivity index (χ3v) is 4.37. The molecule has 0 spiro atoms. The summed E-state index contributed by atoms with van der Waals surface area (Å²) in [5.41, 5.74) is 2.54. The Morgan fingerprint density at radius 1 is 1.12 bits per heavy atom. The summed E-state index contributed by atoms with van der Waals surface area (Å²) in [6.45, 7) is 5.50. The van der Waals surface area contributed by atoms with Crippen LogP contribution in [0.5, 0.6) is 11.5 Å². The number of rotatable bonds is 6. The first-order chi connectivity index (χ1) is 12.0. The molecular formula is C20H23NO4. The van der Waals surface area contributed by atoms with Gasteiger partial charge in [-0.05, 0) is 35.4 Å². The fourth-order valence-electron chi connectivity index (χ4n) is 2.74. The van der Waals surface area contributed by atoms with E-state index in [0.29, 0.717) is 18.7 Å². The van der Waals surface area contributed by atoms with Gasteiger partial charge in [0, 0.05) is 24.6 Å². The number of benzene rings is 2. The van der Waals surface area contributed by atoms with E-state index in [1.54, 1.807) is 7.11 Å². The minimum absolute atomic E-state index is 0.0854. The molecule has 3 rings (SSSR count). The van der Waals surface area contributed by atoms with Crippen LogP contribution in [-0.2, 0) is 16.8 Å². The molecule has 5 heteroatoms. The topological polar surface area (TPSA) is 56.8 Å². The minimum Gasteiger partial charge on any atom is -0.454 e. The zero-order valence-electron chi connectivity index (χ0n) is 14.8. The second kappa shape index (κ2) is 7.15. The van der Waals surface area contributed by atoms with E-state index in [-0.39, 0.29) is 18.1 Å². The molecule has 0 radical (unpaired) electrons. The first kappa shape index (κ1) is 17.3. The summed E-state index contributed by atoms with van der Waals surface area (Å²) in [5.74, 6) is 1.43. The predicted molar refractivity (Wildman–Crippen MR) is 95.1 cm³/mol. The molecule has 25 heavy (non-hydrogen) atoms. The van der Waals surface area contributed by atoms with Crippen LogP contribution < -0.4 is 14.8 Å². The Kier molecular flexibility index (Phi) is 4.95. The third-order valence-electron chi connectivity index (χ3n) is 4.37. The average Bonchev–Trinajstić information content (AvgIpc) is 3.08. The highest BCUT2D eigenvalue weighted by molar-refractivity contribution is 5.94. The molecule has 2 aromatic carbocycles. The average molecular weight is 341 g/mol. The van der Waals surface area contributed by atoms with E-state index >= 15 is 0 Å². The Labute approximate surface area is 147 Å². The quantitative estimate of drug-likeness (QED) is 0.876. The van der Waals surface area contributed by atoms with Gasteiger partial charge in [-0.15, -0.1) is 0 Å². The number of carbonyl (C=O) groups is 1. The van der Waals surface area contributed by atoms with Gasteiger partial charge in [0.25, 0.3) is 5.91 Å². The molecule has 0 saturated heterocycles. The van der Waals surface area contributed by atoms with Crippen molar-refractivity contribution in [1.82, 2.24) is 5.32 Å². The molecule has 0 unspecified atom stereocenters. The normalized spacial score (nSPS) is 12.9. The molecule has 0 aromatic heterocycles. The minimum atomic E-state index is -0.230. The molecule has 1 aliphatic rings. The number of carbonyl (C=O) groups excluding carboxylic acids is 1. The molecule has 0 bridgehead atoms. The van der Waals surface area contributed by atoms with E-state index in [1.165, 1.54) is 0 Å². The maximum atomic E-state index is 12.4. The van der Waals surface area contributed by atoms with Crippen LogP contribution in [0, 0.1) is 0 Å². The maximum Gasteiger partial charge on any atom is 0.251 e. The molecule has 1 aliphatic heterocycles. The second-order valence-electron chi connectivity index (χ2n) is 6.76. The SMILES string of the molecule is COCc1ccc(C(=O)NCC(C)(C)c2ccc3c(c2)OCO3)cc1. The molecule has 1 amide bonds. The third kappa shape index (κ3) is 3.94. The smallest absolute Gasteiger partial charge is 0.251 e. The second-order valence-corrected chi connectivity index (χ2v) is 6.76. The molecule has 0 fully saturated rings. The van der Waals surface area contributed by atoms with Crippen LogP contribution in [0.2, 0.25) is 0 Å². The van der Waals surface area contributed by atoms with Gasteiger partial charge in [0.2, 0.25) is 6.79 Å². The van der Waals surface area contributed by atoms with Gasteiger partial charge in [-0.25, -0.2) is 0 Å². The van der Waals surface area contributed by atoms with E-state index in [2.05, 4.69) is 19.2 Å². The Bertz CT molecular complexity index is 753. The Morgan fingerprint density at radius 3 is 2.56 bits per heavy atom. The Morgan fingerprint density at radius 2 is 1.84 bits per heavy atom. The molecule has 0 aliphatic carbocycles. The van der Waals surface area contributed by atoms with Crippen LogP contribution >= 0.6 is 0 Å². The summed E-state index contributed by atoms with van der Waals surface area (Å²) >= 11 is 0. The fourth-order valence-corrected chi connectivity index (χ4v) is 2.74. The van der Waals surface area contributed by atoms with E-state index in [9.17, 15) is 4.79 Å². The van der Waals surface area contributed by atoms with Crippen molar-refractivity contribution in [3.05, 3.63) is 59.2 Å². The largest absolute Gasteiger partial charge is 0.454 e. The lowest BCUT2D eigenvalue weighted by molar-refractivity contribution is 0.0945. The van der Waals surface area contributed by atoms with Crippen molar-refractivity contribution < 1.29 is 19.0 Å². The zero-order chi connectivity index (χ0) is 17.9. The van der Waals surface area contributed by atoms with Gasteiger partial charge in [-0.1, -0.05) is 32.0 Å². The molecule has 0 atom stereocenters. The monoisotopic (exact) mass is 341 g/mol. The van der Waals surface area contributed by atoms with E-state index in [4.69, 9.17) is 14.2 Å². The molecule has 5 nitrogen and oxygen atoms in total. The van der Waals surface area contributed by atoms with Crippen molar-refractivity contribution in [3.8, 4) is 11.5 Å². The lowest BCUT2D eigenvalue weighted by Crippen LogP contribution is -2.36. The van der Waals surface area contributed by atoms with Crippen molar-refractivity contribution >= 4 is 5.91 Å². The zero-order valence-corrected chi connectivity index (χ0v) is 14.8. The lowest BCUT2D eigenvalue weighted by atomic mass is 9.84. The van der Waals surface area contributed by atoms with Crippen LogP contribution in [0.15, 0.2) is 42.5 Å². The van der Waals surface area contributed by atoms with Crippen molar-refractivity contribution in [1.29, 1.82) is 0 Å². The number of fused-ring (bicyclic) bond motifs is 1. The van der Waals surface area contributed by atoms with Gasteiger partial charge in [0.1, 0.15) is 0 Å². The van der Waals surface area contributed by atoms with Crippen LogP contribution in [0.3, 0.4) is 0 Å². The molecule has 0 saturated carbocycles. The Hall–Kier alpha value is -2.53. The van der Waals surface area contributed by atoms with E-state index in [1.807, 2.05) is 42.5 Å². The number of hydrogen-bond acceptors (Lipinski definition) is 4. The standard InChI is InChI=1S/C20H23NO4/c1-20(2,16-8-9-17-18(10-16)25-13-24-17)12-21-19(22)15-6-4-14(5-7-15)11-23-3/h4-10H,11-13H2,1-3H3,(H,21,22). The molecular weight excluding hydrogens is 318 g/mol. The molecule has 2 aromatic rings. The van der Waals surface area contributed by atoms with Crippen LogP contribution in [0.25, 0.3) is 0 Å². The summed E-state index contributed by atoms with van der Waals surface area (Å²) in [7, 11) is 1.65. The molecule has 1 N–H and O–H groups in total. The highest BCUT2D eigenvalue weighted by Crippen LogP contribution is 2.36. The van der Waals surface area contributed by atoms with Gasteiger partial charge in [0.15, 0.2) is 11.5 Å². The highest BCUT2D eigenvalue weighted by atomic mass is 16.7. The van der Waals surface area contributed by atoms with Gasteiger partial charge >= 0.3 is 0 Å². The van der Waals surface area contributed by atoms with Crippen molar-refractivity contribution in [2.75, 3.05) is 20.4 Å². The van der Waals surface area contributed by atoms with Crippen LogP contribution in [-0.4, -0.2) is 26.4 Å². The van der Waals surface area contributed by atoms with Gasteiger partial charge in [-0.3, -0.25) is 4.79 Å². The summed E-state index contributed by atoms with van der Waals surface area (Å²) in [6.07, 6.45) is 0. The van der Waals surface area contributed by atoms with Gasteiger partial charge in [0.05, 0.1) is 6.61 Å². The van der Waals surface area contributed by atoms with E-state index in [0.717, 1.165) is 22.6 Å². The van der Waals surface area contributed by atoms with Crippen molar-refractivity contribution in [2.45, 2.75) is 25.9 Å². The number of nitrogens with one attached hydrogen (secondary N) is 1. The number of amides is 1. The highest BCUT2D eigenvalue weighted by Gasteiger charge is 2.24. The maximum absolute atomic E-state index is 12.4. The number of ether oxygens (including phenoxy) is 3. The van der Waals surface area contributed by atoms with Gasteiger partial charge < -0.3 is 19.5 Å². The number of methoxy groups -OCH3 is 1. The fraction of sp³-hybridized carbons (Fsp3) is 0.350. The molecule has 132 valence electrons. The molecule has 1 heterocycles. The first-order valence-electron chi connectivity index (χ1n) is 8.26.